The highest BCUT2D eigenvalue weighted by molar-refractivity contribution is 6.13. The van der Waals surface area contributed by atoms with E-state index in [1.54, 1.807) is 0 Å². The van der Waals surface area contributed by atoms with Gasteiger partial charge in [-0.05, 0) is 63.7 Å². The fraction of sp³-hybridized carbons (Fsp3) is 0.0227. The quantitative estimate of drug-likeness (QED) is 0.193. The molecule has 4 heteroatoms. The molecule has 9 rings (SSSR count). The van der Waals surface area contributed by atoms with Crippen LogP contribution in [0.15, 0.2) is 162 Å². The molecule has 4 nitrogen and oxygen atoms in total. The van der Waals surface area contributed by atoms with Crippen LogP contribution in [-0.4, -0.2) is 15.0 Å². The minimum absolute atomic E-state index is 0.629. The van der Waals surface area contributed by atoms with Gasteiger partial charge in [-0.25, -0.2) is 15.0 Å². The minimum atomic E-state index is 0.629. The Labute approximate surface area is 278 Å². The highest BCUT2D eigenvalue weighted by Gasteiger charge is 2.16. The van der Waals surface area contributed by atoms with Gasteiger partial charge in [-0.15, -0.1) is 0 Å². The molecule has 0 spiro atoms. The van der Waals surface area contributed by atoms with Gasteiger partial charge in [0.2, 0.25) is 0 Å². The molecule has 48 heavy (non-hydrogen) atoms. The zero-order valence-electron chi connectivity index (χ0n) is 26.3. The first-order valence-electron chi connectivity index (χ1n) is 16.1. The van der Waals surface area contributed by atoms with Crippen molar-refractivity contribution in [2.75, 3.05) is 0 Å². The van der Waals surface area contributed by atoms with Gasteiger partial charge in [0.05, 0.1) is 0 Å². The number of furan rings is 1. The topological polar surface area (TPSA) is 51.8 Å². The Morgan fingerprint density at radius 3 is 1.60 bits per heavy atom. The Hall–Kier alpha value is -6.39. The predicted octanol–water partition coefficient (Wildman–Crippen LogP) is 11.6. The van der Waals surface area contributed by atoms with Crippen LogP contribution in [0.5, 0.6) is 0 Å². The van der Waals surface area contributed by atoms with Gasteiger partial charge in [0, 0.05) is 27.5 Å². The van der Waals surface area contributed by atoms with Crippen molar-refractivity contribution in [3.8, 4) is 56.4 Å². The van der Waals surface area contributed by atoms with Crippen LogP contribution in [0, 0.1) is 6.92 Å². The summed E-state index contributed by atoms with van der Waals surface area (Å²) in [4.78, 5) is 15.1. The van der Waals surface area contributed by atoms with E-state index in [0.717, 1.165) is 60.7 Å². The predicted molar refractivity (Wildman–Crippen MR) is 197 cm³/mol. The second-order valence-electron chi connectivity index (χ2n) is 12.1. The van der Waals surface area contributed by atoms with Crippen molar-refractivity contribution in [2.24, 2.45) is 0 Å². The first-order valence-corrected chi connectivity index (χ1v) is 16.1. The second kappa shape index (κ2) is 11.4. The van der Waals surface area contributed by atoms with Gasteiger partial charge in [0.15, 0.2) is 17.5 Å². The van der Waals surface area contributed by atoms with Crippen LogP contribution < -0.4 is 0 Å². The van der Waals surface area contributed by atoms with E-state index in [9.17, 15) is 0 Å². The van der Waals surface area contributed by atoms with Crippen LogP contribution in [0.4, 0.5) is 0 Å². The number of hydrogen-bond acceptors (Lipinski definition) is 4. The summed E-state index contributed by atoms with van der Waals surface area (Å²) in [5, 5.41) is 4.62. The Bertz CT molecular complexity index is 2600. The molecule has 2 heterocycles. The number of hydrogen-bond donors (Lipinski definition) is 0. The molecule has 0 atom stereocenters. The lowest BCUT2D eigenvalue weighted by atomic mass is 9.97. The van der Waals surface area contributed by atoms with Crippen LogP contribution in [-0.2, 0) is 0 Å². The summed E-state index contributed by atoms with van der Waals surface area (Å²) in [6, 6.07) is 54.5. The highest BCUT2D eigenvalue weighted by atomic mass is 16.3. The fourth-order valence-corrected chi connectivity index (χ4v) is 6.61. The van der Waals surface area contributed by atoms with Crippen LogP contribution in [0.2, 0.25) is 0 Å². The van der Waals surface area contributed by atoms with Crippen molar-refractivity contribution in [3.05, 3.63) is 163 Å². The van der Waals surface area contributed by atoms with Gasteiger partial charge < -0.3 is 4.42 Å². The number of fused-ring (bicyclic) bond motifs is 4. The molecule has 0 bridgehead atoms. The third-order valence-electron chi connectivity index (χ3n) is 9.08. The number of nitrogens with zero attached hydrogens (tertiary/aromatic N) is 3. The molecule has 2 aromatic heterocycles. The van der Waals surface area contributed by atoms with E-state index >= 15 is 0 Å². The van der Waals surface area contributed by atoms with Crippen molar-refractivity contribution in [2.45, 2.75) is 6.92 Å². The van der Waals surface area contributed by atoms with Gasteiger partial charge in [-0.2, -0.15) is 0 Å². The lowest BCUT2D eigenvalue weighted by Gasteiger charge is -2.11. The Kier molecular flexibility index (Phi) is 6.65. The van der Waals surface area contributed by atoms with Gasteiger partial charge in [-0.1, -0.05) is 140 Å². The van der Waals surface area contributed by atoms with E-state index < -0.39 is 0 Å². The van der Waals surface area contributed by atoms with E-state index in [1.165, 1.54) is 16.5 Å². The minimum Gasteiger partial charge on any atom is -0.456 e. The van der Waals surface area contributed by atoms with Gasteiger partial charge >= 0.3 is 0 Å². The second-order valence-corrected chi connectivity index (χ2v) is 12.1. The van der Waals surface area contributed by atoms with E-state index in [4.69, 9.17) is 19.4 Å². The molecule has 0 radical (unpaired) electrons. The Balaban J connectivity index is 1.15. The van der Waals surface area contributed by atoms with Crippen molar-refractivity contribution < 1.29 is 4.42 Å². The molecule has 7 aromatic carbocycles. The first-order chi connectivity index (χ1) is 23.7. The zero-order valence-corrected chi connectivity index (χ0v) is 26.3. The first kappa shape index (κ1) is 27.9. The Morgan fingerprint density at radius 2 is 0.896 bits per heavy atom. The summed E-state index contributed by atoms with van der Waals surface area (Å²) < 4.78 is 6.23. The molecule has 9 aromatic rings. The number of rotatable bonds is 5. The largest absolute Gasteiger partial charge is 0.456 e. The van der Waals surface area contributed by atoms with Crippen LogP contribution in [0.3, 0.4) is 0 Å². The van der Waals surface area contributed by atoms with Crippen molar-refractivity contribution in [1.82, 2.24) is 15.0 Å². The zero-order chi connectivity index (χ0) is 32.0. The summed E-state index contributed by atoms with van der Waals surface area (Å²) in [7, 11) is 0. The molecule has 226 valence electrons. The molecule has 0 aliphatic heterocycles. The van der Waals surface area contributed by atoms with Gasteiger partial charge in [-0.3, -0.25) is 0 Å². The molecule has 0 aliphatic carbocycles. The molecule has 0 saturated heterocycles. The van der Waals surface area contributed by atoms with E-state index in [0.29, 0.717) is 17.5 Å². The maximum atomic E-state index is 6.23. The van der Waals surface area contributed by atoms with Crippen molar-refractivity contribution >= 4 is 32.7 Å². The molecule has 0 amide bonds. The van der Waals surface area contributed by atoms with Gasteiger partial charge in [0.1, 0.15) is 11.2 Å². The summed E-state index contributed by atoms with van der Waals surface area (Å²) in [5.41, 5.74) is 10.4. The average Bonchev–Trinajstić information content (AvgIpc) is 3.55. The summed E-state index contributed by atoms with van der Waals surface area (Å²) in [6.45, 7) is 2.14. The average molecular weight is 616 g/mol. The molecular formula is C44H29N3O. The van der Waals surface area contributed by atoms with E-state index in [-0.39, 0.29) is 0 Å². The maximum Gasteiger partial charge on any atom is 0.164 e. The normalized spacial score (nSPS) is 11.4. The van der Waals surface area contributed by atoms with E-state index in [1.807, 2.05) is 24.3 Å². The van der Waals surface area contributed by atoms with Gasteiger partial charge in [0.25, 0.3) is 0 Å². The standard InChI is InChI=1S/C44H29N3O/c1-28-9-7-15-38-40(28)41-37(14-8-16-39(41)48-38)32-20-24-34(25-21-32)43-45-42(33-22-17-31(18-23-33)29-10-3-2-4-11-29)46-44(47-43)36-26-19-30-12-5-6-13-35(30)27-36/h2-27H,1H3. The summed E-state index contributed by atoms with van der Waals surface area (Å²) >= 11 is 0. The molecule has 0 N–H and O–H groups in total. The smallest absolute Gasteiger partial charge is 0.164 e. The molecule has 0 saturated carbocycles. The van der Waals surface area contributed by atoms with E-state index in [2.05, 4.69) is 140 Å². The molecular weight excluding hydrogens is 587 g/mol. The fourth-order valence-electron chi connectivity index (χ4n) is 6.61. The summed E-state index contributed by atoms with van der Waals surface area (Å²) in [5.74, 6) is 1.91. The van der Waals surface area contributed by atoms with Crippen molar-refractivity contribution in [1.29, 1.82) is 0 Å². The third-order valence-corrected chi connectivity index (χ3v) is 9.08. The maximum absolute atomic E-state index is 6.23. The summed E-state index contributed by atoms with van der Waals surface area (Å²) in [6.07, 6.45) is 0. The lowest BCUT2D eigenvalue weighted by Crippen LogP contribution is -2.00. The monoisotopic (exact) mass is 615 g/mol. The highest BCUT2D eigenvalue weighted by Crippen LogP contribution is 2.38. The number of aromatic nitrogens is 3. The van der Waals surface area contributed by atoms with Crippen LogP contribution in [0.25, 0.3) is 89.1 Å². The number of benzene rings is 7. The number of aryl methyl sites for hydroxylation is 1. The molecule has 0 aliphatic rings. The van der Waals surface area contributed by atoms with Crippen LogP contribution >= 0.6 is 0 Å². The van der Waals surface area contributed by atoms with Crippen LogP contribution in [0.1, 0.15) is 5.56 Å². The van der Waals surface area contributed by atoms with Crippen molar-refractivity contribution in [3.63, 3.8) is 0 Å². The Morgan fingerprint density at radius 1 is 0.375 bits per heavy atom. The molecule has 0 unspecified atom stereocenters. The lowest BCUT2D eigenvalue weighted by molar-refractivity contribution is 0.669. The third kappa shape index (κ3) is 4.91. The SMILES string of the molecule is Cc1cccc2oc3cccc(-c4ccc(-c5nc(-c6ccc(-c7ccccc7)cc6)nc(-c6ccc7ccccc7c6)n5)cc4)c3c12. The molecule has 0 fully saturated rings.